The van der Waals surface area contributed by atoms with Crippen LogP contribution in [-0.4, -0.2) is 13.9 Å². The van der Waals surface area contributed by atoms with Crippen LogP contribution in [0.25, 0.3) is 0 Å². The first-order valence-electron chi connectivity index (χ1n) is 5.45. The highest BCUT2D eigenvalue weighted by atomic mass is 79.9. The molecule has 0 aliphatic carbocycles. The summed E-state index contributed by atoms with van der Waals surface area (Å²) in [7, 11) is -1.11. The highest BCUT2D eigenvalue weighted by Crippen LogP contribution is 2.22. The smallest absolute Gasteiger partial charge is 0.0978 e. The Morgan fingerprint density at radius 3 is 2.24 bits per heavy atom. The number of halogens is 1. The van der Waals surface area contributed by atoms with Crippen molar-refractivity contribution in [1.29, 1.82) is 0 Å². The van der Waals surface area contributed by atoms with Gasteiger partial charge in [0.15, 0.2) is 0 Å². The molecule has 0 aromatic carbocycles. The van der Waals surface area contributed by atoms with E-state index in [9.17, 15) is 4.21 Å². The van der Waals surface area contributed by atoms with Gasteiger partial charge >= 0.3 is 0 Å². The van der Waals surface area contributed by atoms with Gasteiger partial charge in [-0.05, 0) is 62.7 Å². The number of nitrogens with zero attached hydrogens (tertiary/aromatic N) is 1. The highest BCUT2D eigenvalue weighted by molar-refractivity contribution is 9.10. The molecule has 0 aliphatic rings. The topological polar surface area (TPSA) is 42.0 Å². The Kier molecular flexibility index (Phi) is 4.49. The Morgan fingerprint density at radius 1 is 1.24 bits per heavy atom. The molecule has 0 bridgehead atoms. The average molecular weight is 319 g/mol. The van der Waals surface area contributed by atoms with Gasteiger partial charge in [0, 0.05) is 10.7 Å². The monoisotopic (exact) mass is 318 g/mol. The maximum atomic E-state index is 12.1. The van der Waals surface area contributed by atoms with Crippen LogP contribution in [0.5, 0.6) is 0 Å². The fourth-order valence-electron chi connectivity index (χ4n) is 1.18. The first kappa shape index (κ1) is 14.8. The minimum Gasteiger partial charge on any atom is -0.258 e. The quantitative estimate of drug-likeness (QED) is 0.930. The fraction of sp³-hybridized carbons (Fsp3) is 0.583. The summed E-state index contributed by atoms with van der Waals surface area (Å²) in [6.45, 7) is 9.79. The van der Waals surface area contributed by atoms with Crippen LogP contribution in [0.3, 0.4) is 0 Å². The van der Waals surface area contributed by atoms with E-state index in [1.807, 2.05) is 46.8 Å². The Balaban J connectivity index is 2.89. The van der Waals surface area contributed by atoms with E-state index in [1.54, 1.807) is 6.20 Å². The third-order valence-corrected chi connectivity index (χ3v) is 4.55. The van der Waals surface area contributed by atoms with E-state index in [0.717, 1.165) is 10.2 Å². The van der Waals surface area contributed by atoms with Crippen molar-refractivity contribution in [2.45, 2.75) is 44.9 Å². The van der Waals surface area contributed by atoms with Gasteiger partial charge in [-0.1, -0.05) is 0 Å². The summed E-state index contributed by atoms with van der Waals surface area (Å²) in [4.78, 5) is 4.34. The van der Waals surface area contributed by atoms with E-state index >= 15 is 0 Å². The maximum Gasteiger partial charge on any atom is 0.0978 e. The van der Waals surface area contributed by atoms with Crippen molar-refractivity contribution in [1.82, 2.24) is 9.71 Å². The van der Waals surface area contributed by atoms with Crippen molar-refractivity contribution in [3.8, 4) is 0 Å². The number of hydrogen-bond acceptors (Lipinski definition) is 2. The molecule has 0 fully saturated rings. The predicted molar refractivity (Wildman–Crippen MR) is 76.0 cm³/mol. The molecule has 1 heterocycles. The molecular weight excluding hydrogens is 300 g/mol. The molecule has 1 rings (SSSR count). The molecular formula is C12H19BrN2OS. The van der Waals surface area contributed by atoms with Gasteiger partial charge < -0.3 is 0 Å². The maximum absolute atomic E-state index is 12.1. The third kappa shape index (κ3) is 4.16. The second kappa shape index (κ2) is 5.16. The zero-order valence-electron chi connectivity index (χ0n) is 10.9. The zero-order chi connectivity index (χ0) is 13.3. The standard InChI is InChI=1S/C12H19BrN2OS/c1-11(2,3)17(16)15-12(4,5)10-7-6-9(13)8-14-10/h6-8,15H,1-5H3. The second-order valence-electron chi connectivity index (χ2n) is 5.47. The van der Waals surface area contributed by atoms with E-state index < -0.39 is 16.5 Å². The molecule has 0 aliphatic heterocycles. The first-order chi connectivity index (χ1) is 7.63. The molecule has 0 amide bonds. The van der Waals surface area contributed by atoms with Crippen molar-refractivity contribution in [3.63, 3.8) is 0 Å². The van der Waals surface area contributed by atoms with Crippen LogP contribution in [0.1, 0.15) is 40.3 Å². The number of hydrogen-bond donors (Lipinski definition) is 1. The predicted octanol–water partition coefficient (Wildman–Crippen LogP) is 3.13. The minimum absolute atomic E-state index is 0.285. The van der Waals surface area contributed by atoms with Crippen molar-refractivity contribution in [2.24, 2.45) is 0 Å². The molecule has 0 saturated carbocycles. The molecule has 3 nitrogen and oxygen atoms in total. The molecule has 1 atom stereocenters. The lowest BCUT2D eigenvalue weighted by molar-refractivity contribution is 0.473. The number of rotatable bonds is 3. The Morgan fingerprint density at radius 2 is 1.82 bits per heavy atom. The second-order valence-corrected chi connectivity index (χ2v) is 8.35. The van der Waals surface area contributed by atoms with Gasteiger partial charge in [0.2, 0.25) is 0 Å². The van der Waals surface area contributed by atoms with Crippen molar-refractivity contribution < 1.29 is 4.21 Å². The third-order valence-electron chi connectivity index (χ3n) is 2.27. The first-order valence-corrected chi connectivity index (χ1v) is 7.39. The minimum atomic E-state index is -1.11. The Bertz CT molecular complexity index is 410. The van der Waals surface area contributed by atoms with Crippen molar-refractivity contribution in [2.75, 3.05) is 0 Å². The normalized spacial score (nSPS) is 14.7. The summed E-state index contributed by atoms with van der Waals surface area (Å²) in [5.41, 5.74) is 0.456. The van der Waals surface area contributed by atoms with Crippen LogP contribution in [0.2, 0.25) is 0 Å². The molecule has 1 N–H and O–H groups in total. The molecule has 1 aromatic rings. The van der Waals surface area contributed by atoms with Crippen LogP contribution in [-0.2, 0) is 16.5 Å². The van der Waals surface area contributed by atoms with Gasteiger partial charge in [-0.3, -0.25) is 4.98 Å². The van der Waals surface area contributed by atoms with Gasteiger partial charge in [-0.15, -0.1) is 0 Å². The van der Waals surface area contributed by atoms with E-state index in [1.165, 1.54) is 0 Å². The summed E-state index contributed by atoms with van der Waals surface area (Å²) < 4.78 is 15.9. The van der Waals surface area contributed by atoms with E-state index in [-0.39, 0.29) is 4.75 Å². The molecule has 0 spiro atoms. The van der Waals surface area contributed by atoms with E-state index in [0.29, 0.717) is 0 Å². The van der Waals surface area contributed by atoms with E-state index in [2.05, 4.69) is 25.6 Å². The van der Waals surface area contributed by atoms with E-state index in [4.69, 9.17) is 0 Å². The van der Waals surface area contributed by atoms with Gasteiger partial charge in [0.05, 0.1) is 27.0 Å². The van der Waals surface area contributed by atoms with Crippen LogP contribution in [0.15, 0.2) is 22.8 Å². The van der Waals surface area contributed by atoms with Gasteiger partial charge in [-0.25, -0.2) is 8.93 Å². The lowest BCUT2D eigenvalue weighted by atomic mass is 10.0. The Hall–Kier alpha value is -0.260. The molecule has 96 valence electrons. The van der Waals surface area contributed by atoms with Crippen LogP contribution in [0.4, 0.5) is 0 Å². The molecule has 17 heavy (non-hydrogen) atoms. The molecule has 1 unspecified atom stereocenters. The molecule has 0 saturated heterocycles. The molecule has 0 radical (unpaired) electrons. The zero-order valence-corrected chi connectivity index (χ0v) is 13.3. The molecule has 5 heteroatoms. The van der Waals surface area contributed by atoms with Crippen LogP contribution < -0.4 is 4.72 Å². The van der Waals surface area contributed by atoms with Crippen LogP contribution >= 0.6 is 15.9 Å². The lowest BCUT2D eigenvalue weighted by Crippen LogP contribution is -2.44. The number of aromatic nitrogens is 1. The van der Waals surface area contributed by atoms with Crippen molar-refractivity contribution >= 4 is 26.9 Å². The Labute approximate surface area is 114 Å². The van der Waals surface area contributed by atoms with Gasteiger partial charge in [-0.2, -0.15) is 0 Å². The molecule has 1 aromatic heterocycles. The summed E-state index contributed by atoms with van der Waals surface area (Å²) in [5, 5.41) is 0. The van der Waals surface area contributed by atoms with Gasteiger partial charge in [0.1, 0.15) is 0 Å². The summed E-state index contributed by atoms with van der Waals surface area (Å²) in [5.74, 6) is 0. The largest absolute Gasteiger partial charge is 0.258 e. The fourth-order valence-corrected chi connectivity index (χ4v) is 2.29. The summed E-state index contributed by atoms with van der Waals surface area (Å²) in [6, 6.07) is 3.86. The highest BCUT2D eigenvalue weighted by Gasteiger charge is 2.29. The SMILES string of the molecule is CC(C)(NS(=O)C(C)(C)C)c1ccc(Br)cn1. The van der Waals surface area contributed by atoms with Crippen LogP contribution in [0, 0.1) is 0 Å². The lowest BCUT2D eigenvalue weighted by Gasteiger charge is -2.29. The van der Waals surface area contributed by atoms with Gasteiger partial charge in [0.25, 0.3) is 0 Å². The number of nitrogens with one attached hydrogen (secondary N) is 1. The number of pyridine rings is 1. The average Bonchev–Trinajstić information content (AvgIpc) is 2.16. The summed E-state index contributed by atoms with van der Waals surface area (Å²) in [6.07, 6.45) is 1.75. The van der Waals surface area contributed by atoms with Crippen molar-refractivity contribution in [3.05, 3.63) is 28.5 Å². The summed E-state index contributed by atoms with van der Waals surface area (Å²) >= 11 is 3.35.